The fraction of sp³-hybridized carbons (Fsp3) is 0.350. The fourth-order valence-corrected chi connectivity index (χ4v) is 3.84. The van der Waals surface area contributed by atoms with Gasteiger partial charge in [0.05, 0.1) is 16.4 Å². The first-order valence-corrected chi connectivity index (χ1v) is 10.5. The van der Waals surface area contributed by atoms with Gasteiger partial charge in [-0.15, -0.1) is 0 Å². The van der Waals surface area contributed by atoms with E-state index in [1.807, 2.05) is 6.92 Å². The standard InChI is InChI=1S/C20H19Cl3F3N3O2/c1-2-3-18(30)28-27-16-6-11(4-5-15(16)23)17-10-19(31-29-17,20(24,25)26)12-7-13(21)9-14(22)8-12/h4-9,18,27-28,30H,2-3,10H2,1H3. The highest BCUT2D eigenvalue weighted by molar-refractivity contribution is 6.34. The van der Waals surface area contributed by atoms with Gasteiger partial charge in [-0.1, -0.05) is 59.4 Å². The number of anilines is 1. The molecule has 1 aliphatic heterocycles. The molecule has 2 unspecified atom stereocenters. The molecule has 0 bridgehead atoms. The number of rotatable bonds is 7. The zero-order chi connectivity index (χ0) is 22.8. The molecule has 0 fully saturated rings. The summed E-state index contributed by atoms with van der Waals surface area (Å²) in [7, 11) is 0. The Balaban J connectivity index is 1.89. The monoisotopic (exact) mass is 495 g/mol. The van der Waals surface area contributed by atoms with Crippen LogP contribution in [0.3, 0.4) is 0 Å². The molecule has 0 aliphatic carbocycles. The Labute approximate surface area is 192 Å². The number of hydrogen-bond acceptors (Lipinski definition) is 5. The molecule has 2 atom stereocenters. The molecule has 0 spiro atoms. The summed E-state index contributed by atoms with van der Waals surface area (Å²) in [4.78, 5) is 5.01. The number of hydrazine groups is 1. The Morgan fingerprint density at radius 2 is 1.84 bits per heavy atom. The quantitative estimate of drug-likeness (QED) is 0.312. The molecule has 5 nitrogen and oxygen atoms in total. The Kier molecular flexibility index (Phi) is 7.28. The van der Waals surface area contributed by atoms with Gasteiger partial charge in [-0.25, -0.2) is 5.43 Å². The molecule has 1 heterocycles. The van der Waals surface area contributed by atoms with Crippen LogP contribution in [0.25, 0.3) is 0 Å². The van der Waals surface area contributed by atoms with Crippen molar-refractivity contribution in [3.05, 3.63) is 62.6 Å². The second-order valence-electron chi connectivity index (χ2n) is 7.06. The van der Waals surface area contributed by atoms with Crippen molar-refractivity contribution in [2.24, 2.45) is 5.16 Å². The summed E-state index contributed by atoms with van der Waals surface area (Å²) in [6.07, 6.45) is -4.93. The highest BCUT2D eigenvalue weighted by Crippen LogP contribution is 2.49. The highest BCUT2D eigenvalue weighted by atomic mass is 35.5. The molecule has 3 N–H and O–H groups in total. The smallest absolute Gasteiger partial charge is 0.377 e. The number of nitrogens with zero attached hydrogens (tertiary/aromatic N) is 1. The molecule has 2 aromatic carbocycles. The summed E-state index contributed by atoms with van der Waals surface area (Å²) in [6.45, 7) is 1.91. The number of halogens is 6. The maximum atomic E-state index is 14.1. The Morgan fingerprint density at radius 3 is 2.45 bits per heavy atom. The van der Waals surface area contributed by atoms with Crippen molar-refractivity contribution in [3.8, 4) is 0 Å². The number of hydrogen-bond donors (Lipinski definition) is 3. The Morgan fingerprint density at radius 1 is 1.16 bits per heavy atom. The van der Waals surface area contributed by atoms with Gasteiger partial charge < -0.3 is 15.4 Å². The number of aliphatic hydroxyl groups excluding tert-OH is 1. The average molecular weight is 497 g/mol. The van der Waals surface area contributed by atoms with Crippen LogP contribution >= 0.6 is 34.8 Å². The second kappa shape index (κ2) is 9.42. The van der Waals surface area contributed by atoms with Gasteiger partial charge in [-0.05, 0) is 36.8 Å². The summed E-state index contributed by atoms with van der Waals surface area (Å²) in [5.74, 6) is 0. The third-order valence-corrected chi connectivity index (χ3v) is 5.52. The largest absolute Gasteiger partial charge is 0.435 e. The zero-order valence-electron chi connectivity index (χ0n) is 16.2. The van der Waals surface area contributed by atoms with Crippen LogP contribution in [0.4, 0.5) is 18.9 Å². The molecule has 0 saturated carbocycles. The van der Waals surface area contributed by atoms with Crippen LogP contribution in [0, 0.1) is 0 Å². The van der Waals surface area contributed by atoms with Crippen molar-refractivity contribution in [1.29, 1.82) is 0 Å². The van der Waals surface area contributed by atoms with E-state index < -0.39 is 24.4 Å². The van der Waals surface area contributed by atoms with Crippen molar-refractivity contribution >= 4 is 46.2 Å². The van der Waals surface area contributed by atoms with Crippen LogP contribution in [0.1, 0.15) is 37.3 Å². The van der Waals surface area contributed by atoms with Crippen LogP contribution in [0.15, 0.2) is 41.6 Å². The second-order valence-corrected chi connectivity index (χ2v) is 8.34. The minimum atomic E-state index is -4.79. The van der Waals surface area contributed by atoms with Crippen LogP contribution in [-0.4, -0.2) is 23.2 Å². The maximum Gasteiger partial charge on any atom is 0.435 e. The van der Waals surface area contributed by atoms with E-state index in [2.05, 4.69) is 16.0 Å². The molecule has 1 aliphatic rings. The number of oxime groups is 1. The van der Waals surface area contributed by atoms with Crippen LogP contribution in [0.5, 0.6) is 0 Å². The minimum Gasteiger partial charge on any atom is -0.377 e. The Bertz CT molecular complexity index is 968. The molecule has 31 heavy (non-hydrogen) atoms. The van der Waals surface area contributed by atoms with E-state index in [1.54, 1.807) is 0 Å². The van der Waals surface area contributed by atoms with Crippen molar-refractivity contribution in [2.75, 3.05) is 5.43 Å². The molecule has 0 radical (unpaired) electrons. The first kappa shape index (κ1) is 23.9. The van der Waals surface area contributed by atoms with Crippen LogP contribution in [-0.2, 0) is 10.4 Å². The van der Waals surface area contributed by atoms with E-state index in [0.717, 1.165) is 18.6 Å². The molecule has 0 saturated heterocycles. The normalized spacial score (nSPS) is 19.7. The summed E-state index contributed by atoms with van der Waals surface area (Å²) < 4.78 is 42.4. The zero-order valence-corrected chi connectivity index (χ0v) is 18.5. The summed E-state index contributed by atoms with van der Waals surface area (Å²) >= 11 is 18.0. The first-order chi connectivity index (χ1) is 14.6. The van der Waals surface area contributed by atoms with E-state index in [1.165, 1.54) is 24.3 Å². The van der Waals surface area contributed by atoms with Gasteiger partial charge in [0, 0.05) is 27.6 Å². The summed E-state index contributed by atoms with van der Waals surface area (Å²) in [6, 6.07) is 8.23. The number of nitrogens with one attached hydrogen (secondary N) is 2. The molecule has 0 amide bonds. The van der Waals surface area contributed by atoms with Gasteiger partial charge in [0.1, 0.15) is 6.23 Å². The lowest BCUT2D eigenvalue weighted by Crippen LogP contribution is -2.42. The van der Waals surface area contributed by atoms with Crippen LogP contribution in [0.2, 0.25) is 15.1 Å². The predicted octanol–water partition coefficient (Wildman–Crippen LogP) is 6.26. The van der Waals surface area contributed by atoms with Crippen molar-refractivity contribution in [3.63, 3.8) is 0 Å². The van der Waals surface area contributed by atoms with Gasteiger partial charge in [0.25, 0.3) is 5.60 Å². The lowest BCUT2D eigenvalue weighted by Gasteiger charge is -2.29. The predicted molar refractivity (Wildman–Crippen MR) is 116 cm³/mol. The van der Waals surface area contributed by atoms with Gasteiger partial charge >= 0.3 is 6.18 Å². The topological polar surface area (TPSA) is 65.9 Å². The fourth-order valence-electron chi connectivity index (χ4n) is 3.15. The van der Waals surface area contributed by atoms with Gasteiger partial charge in [0.15, 0.2) is 0 Å². The summed E-state index contributed by atoms with van der Waals surface area (Å²) in [5.41, 5.74) is 3.30. The first-order valence-electron chi connectivity index (χ1n) is 9.33. The van der Waals surface area contributed by atoms with E-state index in [4.69, 9.17) is 39.6 Å². The van der Waals surface area contributed by atoms with Gasteiger partial charge in [-0.2, -0.15) is 13.2 Å². The Hall–Kier alpha value is -1.71. The van der Waals surface area contributed by atoms with E-state index >= 15 is 0 Å². The molecule has 0 aromatic heterocycles. The van der Waals surface area contributed by atoms with Gasteiger partial charge in [0.2, 0.25) is 0 Å². The molecule has 2 aromatic rings. The molecule has 168 valence electrons. The minimum absolute atomic E-state index is 0.0536. The molecule has 11 heteroatoms. The SMILES string of the molecule is CCCC(O)NNc1cc(C2=NOC(c3cc(Cl)cc(Cl)c3)(C(F)(F)F)C2)ccc1Cl. The third kappa shape index (κ3) is 5.21. The number of benzene rings is 2. The lowest BCUT2D eigenvalue weighted by atomic mass is 9.86. The van der Waals surface area contributed by atoms with Gasteiger partial charge in [-0.3, -0.25) is 0 Å². The third-order valence-electron chi connectivity index (χ3n) is 4.75. The maximum absolute atomic E-state index is 14.1. The number of alkyl halides is 3. The van der Waals surface area contributed by atoms with Crippen LogP contribution < -0.4 is 10.9 Å². The number of aliphatic hydroxyl groups is 1. The van der Waals surface area contributed by atoms with E-state index in [-0.39, 0.29) is 21.3 Å². The summed E-state index contributed by atoms with van der Waals surface area (Å²) in [5, 5.41) is 13.9. The molecular formula is C20H19Cl3F3N3O2. The van der Waals surface area contributed by atoms with E-state index in [0.29, 0.717) is 22.7 Å². The molecule has 3 rings (SSSR count). The van der Waals surface area contributed by atoms with E-state index in [9.17, 15) is 18.3 Å². The van der Waals surface area contributed by atoms with Crippen molar-refractivity contribution in [1.82, 2.24) is 5.43 Å². The average Bonchev–Trinajstić information content (AvgIpc) is 3.14. The van der Waals surface area contributed by atoms with Crippen molar-refractivity contribution < 1.29 is 23.1 Å². The molecular weight excluding hydrogens is 478 g/mol. The highest BCUT2D eigenvalue weighted by Gasteiger charge is 2.62. The lowest BCUT2D eigenvalue weighted by molar-refractivity contribution is -0.275. The van der Waals surface area contributed by atoms with Crippen molar-refractivity contribution in [2.45, 2.75) is 44.2 Å².